The molecule has 2 aromatic heterocycles. The summed E-state index contributed by atoms with van der Waals surface area (Å²) >= 11 is 0. The maximum atomic E-state index is 14.7. The summed E-state index contributed by atoms with van der Waals surface area (Å²) in [6, 6.07) is 9.86. The highest BCUT2D eigenvalue weighted by atomic mass is 16.5. The van der Waals surface area contributed by atoms with Crippen molar-refractivity contribution >= 4 is 40.5 Å². The minimum atomic E-state index is -1.19. The number of carbonyl (C=O) groups excluding carboxylic acids is 5. The molecule has 2 fully saturated rings. The number of methoxy groups -OCH3 is 1. The number of hydrogen-bond donors (Lipinski definition) is 4. The second kappa shape index (κ2) is 20.6. The van der Waals surface area contributed by atoms with Crippen LogP contribution in [-0.4, -0.2) is 154 Å². The van der Waals surface area contributed by atoms with Gasteiger partial charge < -0.3 is 39.4 Å². The predicted molar refractivity (Wildman–Crippen MR) is 252 cm³/mol. The highest BCUT2D eigenvalue weighted by molar-refractivity contribution is 5.96. The quantitative estimate of drug-likeness (QED) is 0.113. The van der Waals surface area contributed by atoms with E-state index in [4.69, 9.17) is 9.47 Å². The normalized spacial score (nSPS) is 21.1. The van der Waals surface area contributed by atoms with E-state index in [2.05, 4.69) is 53.2 Å². The van der Waals surface area contributed by atoms with Crippen molar-refractivity contribution in [3.8, 4) is 28.1 Å². The Morgan fingerprint density at radius 2 is 1.87 bits per heavy atom. The number of hydrogen-bond acceptors (Lipinski definition) is 12. The Kier molecular flexibility index (Phi) is 15.0. The Bertz CT molecular complexity index is 2500. The lowest BCUT2D eigenvalue weighted by Gasteiger charge is -2.37. The number of likely N-dealkylation sites (N-methyl/N-ethyl adjacent to an activating group) is 2. The van der Waals surface area contributed by atoms with Gasteiger partial charge in [-0.05, 0) is 90.3 Å². The molecule has 4 aromatic rings. The molecule has 3 aliphatic rings. The standard InChI is InChI=1S/C50H66N8O9/c1-9-57-41-13-12-32-23-36(41)37(45(57)38-25-51-15-14-33(38)28-66-8)24-50(4,5)29-67-49(65)39-11-10-16-58(53-39)47(63)40(21-31-19-34(32)22-35(60)20-31)52-46(62)44(30(2)3)55(7)43(61)27-54(6)48(64)42-26-56(42)17-18-59/h12-15,19-20,22-23,25,30,39-40,42,44,53,59-60H,9-11,16-18,21,24,26-29H2,1-8H3,(H,52,62)/t39-,40-,42+,44-,56?/m0/s1. The first-order chi connectivity index (χ1) is 31.9. The third-order valence-electron chi connectivity index (χ3n) is 13.2. The van der Waals surface area contributed by atoms with Gasteiger partial charge in [-0.25, -0.2) is 5.43 Å². The third-order valence-corrected chi connectivity index (χ3v) is 13.2. The predicted octanol–water partition coefficient (Wildman–Crippen LogP) is 3.51. The Morgan fingerprint density at radius 3 is 2.58 bits per heavy atom. The van der Waals surface area contributed by atoms with E-state index >= 15 is 0 Å². The fraction of sp³-hybridized carbons (Fsp3) is 0.520. The van der Waals surface area contributed by atoms with Crippen LogP contribution in [0, 0.1) is 11.3 Å². The van der Waals surface area contributed by atoms with Crippen molar-refractivity contribution in [3.63, 3.8) is 0 Å². The summed E-state index contributed by atoms with van der Waals surface area (Å²) in [6.45, 7) is 11.7. The lowest BCUT2D eigenvalue weighted by molar-refractivity contribution is -0.155. The van der Waals surface area contributed by atoms with Crippen LogP contribution < -0.4 is 10.7 Å². The number of phenolic OH excluding ortho intramolecular Hbond substituents is 1. The number of esters is 1. The molecule has 3 aliphatic heterocycles. The summed E-state index contributed by atoms with van der Waals surface area (Å²) in [7, 11) is 4.71. The number of nitrogens with zero attached hydrogens (tertiary/aromatic N) is 6. The minimum absolute atomic E-state index is 0.0269. The number of pyridine rings is 1. The van der Waals surface area contributed by atoms with Crippen molar-refractivity contribution in [2.24, 2.45) is 11.3 Å². The number of amides is 4. The van der Waals surface area contributed by atoms with Crippen LogP contribution in [-0.2, 0) is 59.4 Å². The van der Waals surface area contributed by atoms with E-state index < -0.39 is 59.2 Å². The van der Waals surface area contributed by atoms with Crippen LogP contribution in [0.5, 0.6) is 5.75 Å². The molecule has 1 unspecified atom stereocenters. The van der Waals surface area contributed by atoms with Gasteiger partial charge in [0.15, 0.2) is 0 Å². The molecular formula is C50H66N8O9. The van der Waals surface area contributed by atoms with Crippen LogP contribution in [0.4, 0.5) is 0 Å². The molecule has 17 heteroatoms. The average Bonchev–Trinajstić information content (AvgIpc) is 4.00. The van der Waals surface area contributed by atoms with Crippen molar-refractivity contribution in [3.05, 3.63) is 71.5 Å². The van der Waals surface area contributed by atoms with E-state index in [1.165, 1.54) is 28.9 Å². The topological polar surface area (TPSA) is 199 Å². The maximum absolute atomic E-state index is 14.7. The molecular weight excluding hydrogens is 857 g/mol. The fourth-order valence-electron chi connectivity index (χ4n) is 9.70. The molecule has 67 heavy (non-hydrogen) atoms. The highest BCUT2D eigenvalue weighted by Crippen LogP contribution is 2.41. The summed E-state index contributed by atoms with van der Waals surface area (Å²) in [5, 5.41) is 25.9. The van der Waals surface area contributed by atoms with Crippen LogP contribution in [0.3, 0.4) is 0 Å². The van der Waals surface area contributed by atoms with Gasteiger partial charge in [0.25, 0.3) is 5.91 Å². The molecule has 17 nitrogen and oxygen atoms in total. The third kappa shape index (κ3) is 10.8. The van der Waals surface area contributed by atoms with E-state index in [9.17, 15) is 34.2 Å². The number of fused-ring (bicyclic) bond motifs is 6. The lowest BCUT2D eigenvalue weighted by Crippen LogP contribution is -2.62. The number of hydrazine groups is 1. The number of rotatable bonds is 13. The van der Waals surface area contributed by atoms with E-state index in [0.29, 0.717) is 56.6 Å². The number of ether oxygens (including phenoxy) is 2. The zero-order valence-electron chi connectivity index (χ0n) is 40.0. The SMILES string of the molecule is CCn1c(-c2cnccc2COC)c2c3cc(ccc31)-c1cc(O)cc(c1)C[C@H](NC(=O)[C@H](C(C)C)N(C)C(=O)CN(C)C(=O)[C@H]1CN1CCO)C(=O)N1CCC[C@H](N1)C(=O)OCC(C)(C)C2. The number of carbonyl (C=O) groups is 5. The molecule has 0 aliphatic carbocycles. The summed E-state index contributed by atoms with van der Waals surface area (Å²) in [5.41, 5.74) is 9.61. The molecule has 4 amide bonds. The smallest absolute Gasteiger partial charge is 0.324 e. The summed E-state index contributed by atoms with van der Waals surface area (Å²) in [6.07, 6.45) is 5.05. The van der Waals surface area contributed by atoms with Gasteiger partial charge in [-0.3, -0.25) is 38.9 Å². The Labute approximate surface area is 392 Å². The van der Waals surface area contributed by atoms with Crippen molar-refractivity contribution in [1.82, 2.24) is 40.0 Å². The zero-order valence-corrected chi connectivity index (χ0v) is 40.0. The Morgan fingerprint density at radius 1 is 1.09 bits per heavy atom. The van der Waals surface area contributed by atoms with E-state index in [0.717, 1.165) is 38.9 Å². The largest absolute Gasteiger partial charge is 0.508 e. The molecule has 4 N–H and O–H groups in total. The van der Waals surface area contributed by atoms with Gasteiger partial charge in [0, 0.05) is 88.1 Å². The number of nitrogens with one attached hydrogen (secondary N) is 2. The van der Waals surface area contributed by atoms with Gasteiger partial charge in [-0.15, -0.1) is 0 Å². The van der Waals surface area contributed by atoms with Crippen LogP contribution in [0.15, 0.2) is 54.9 Å². The number of aryl methyl sites for hydroxylation is 1. The number of benzene rings is 2. The number of aromatic hydroxyl groups is 1. The number of aliphatic hydroxyl groups excluding tert-OH is 1. The van der Waals surface area contributed by atoms with Gasteiger partial charge in [-0.1, -0.05) is 39.8 Å². The Hall–Kier alpha value is -5.88. The summed E-state index contributed by atoms with van der Waals surface area (Å²) < 4.78 is 14.0. The first-order valence-electron chi connectivity index (χ1n) is 23.3. The minimum Gasteiger partial charge on any atom is -0.508 e. The fourth-order valence-corrected chi connectivity index (χ4v) is 9.70. The molecule has 2 saturated heterocycles. The molecule has 5 atom stereocenters. The number of β-amino-alcohol motifs (C(OH)–C–C–N with tert-alkyl or cyclic N) is 1. The number of cyclic esters (lactones) is 1. The number of aliphatic hydroxyl groups is 1. The monoisotopic (exact) mass is 922 g/mol. The first-order valence-corrected chi connectivity index (χ1v) is 23.3. The van der Waals surface area contributed by atoms with Crippen LogP contribution in [0.1, 0.15) is 64.2 Å². The van der Waals surface area contributed by atoms with E-state index in [1.54, 1.807) is 39.3 Å². The molecule has 0 spiro atoms. The highest BCUT2D eigenvalue weighted by Gasteiger charge is 2.43. The average molecular weight is 923 g/mol. The summed E-state index contributed by atoms with van der Waals surface area (Å²) in [5.74, 6) is -2.72. The van der Waals surface area contributed by atoms with Crippen molar-refractivity contribution in [1.29, 1.82) is 0 Å². The van der Waals surface area contributed by atoms with Gasteiger partial charge in [-0.2, -0.15) is 0 Å². The first kappa shape index (κ1) is 49.0. The van der Waals surface area contributed by atoms with Crippen LogP contribution >= 0.6 is 0 Å². The van der Waals surface area contributed by atoms with Crippen LogP contribution in [0.25, 0.3) is 33.3 Å². The number of aromatic nitrogens is 2. The molecule has 7 rings (SSSR count). The zero-order chi connectivity index (χ0) is 48.3. The van der Waals surface area contributed by atoms with Gasteiger partial charge in [0.2, 0.25) is 17.7 Å². The molecule has 6 bridgehead atoms. The molecule has 360 valence electrons. The van der Waals surface area contributed by atoms with Crippen LogP contribution in [0.2, 0.25) is 0 Å². The van der Waals surface area contributed by atoms with Gasteiger partial charge in [0.1, 0.15) is 29.9 Å². The second-order valence-electron chi connectivity index (χ2n) is 19.3. The number of phenols is 1. The Balaban J connectivity index is 1.27. The van der Waals surface area contributed by atoms with Crippen molar-refractivity contribution < 1.29 is 43.7 Å². The molecule has 0 saturated carbocycles. The lowest BCUT2D eigenvalue weighted by atomic mass is 9.84. The van der Waals surface area contributed by atoms with Gasteiger partial charge >= 0.3 is 5.97 Å². The van der Waals surface area contributed by atoms with E-state index in [-0.39, 0.29) is 44.4 Å². The van der Waals surface area contributed by atoms with Crippen molar-refractivity contribution in [2.75, 3.05) is 60.6 Å². The maximum Gasteiger partial charge on any atom is 0.324 e. The van der Waals surface area contributed by atoms with Gasteiger partial charge in [0.05, 0.1) is 32.1 Å². The summed E-state index contributed by atoms with van der Waals surface area (Å²) in [4.78, 5) is 78.8. The molecule has 5 heterocycles. The molecule has 2 aromatic carbocycles. The van der Waals surface area contributed by atoms with Crippen molar-refractivity contribution in [2.45, 2.75) is 97.6 Å². The van der Waals surface area contributed by atoms with E-state index in [1.807, 2.05) is 29.3 Å². The molecule has 0 radical (unpaired) electrons. The second-order valence-corrected chi connectivity index (χ2v) is 19.3.